The Morgan fingerprint density at radius 3 is 2.52 bits per heavy atom. The molecule has 0 spiro atoms. The Morgan fingerprint density at radius 1 is 1.33 bits per heavy atom. The fourth-order valence-corrected chi connectivity index (χ4v) is 2.65. The molecule has 1 rings (SSSR count). The van der Waals surface area contributed by atoms with Gasteiger partial charge in [0.05, 0.1) is 17.7 Å². The third-order valence-electron chi connectivity index (χ3n) is 2.65. The van der Waals surface area contributed by atoms with Gasteiger partial charge in [0, 0.05) is 26.1 Å². The highest BCUT2D eigenvalue weighted by atomic mass is 32.2. The van der Waals surface area contributed by atoms with Crippen LogP contribution in [0.4, 0.5) is 5.69 Å². The van der Waals surface area contributed by atoms with Gasteiger partial charge in [-0.25, -0.2) is 13.1 Å². The molecule has 118 valence electrons. The molecule has 0 unspecified atom stereocenters. The average Bonchev–Trinajstić information content (AvgIpc) is 2.37. The number of hydrogen-bond donors (Lipinski definition) is 2. The van der Waals surface area contributed by atoms with Gasteiger partial charge in [0.25, 0.3) is 0 Å². The smallest absolute Gasteiger partial charge is 0.240 e. The van der Waals surface area contributed by atoms with Gasteiger partial charge in [-0.1, -0.05) is 0 Å². The lowest BCUT2D eigenvalue weighted by atomic mass is 10.3. The second-order valence-electron chi connectivity index (χ2n) is 4.74. The number of sulfonamides is 1. The van der Waals surface area contributed by atoms with Gasteiger partial charge in [-0.3, -0.25) is 4.79 Å². The first-order valence-corrected chi connectivity index (χ1v) is 7.84. The summed E-state index contributed by atoms with van der Waals surface area (Å²) >= 11 is 0. The van der Waals surface area contributed by atoms with Crippen LogP contribution in [-0.4, -0.2) is 53.5 Å². The van der Waals surface area contributed by atoms with Gasteiger partial charge in [0.1, 0.15) is 5.75 Å². The van der Waals surface area contributed by atoms with Gasteiger partial charge in [-0.2, -0.15) is 0 Å². The van der Waals surface area contributed by atoms with E-state index in [-0.39, 0.29) is 10.8 Å². The molecule has 2 N–H and O–H groups in total. The van der Waals surface area contributed by atoms with Crippen LogP contribution in [-0.2, 0) is 14.8 Å². The molecule has 0 aliphatic heterocycles. The summed E-state index contributed by atoms with van der Waals surface area (Å²) in [6.45, 7) is 2.28. The molecule has 7 nitrogen and oxygen atoms in total. The summed E-state index contributed by atoms with van der Waals surface area (Å²) in [4.78, 5) is 13.0. The SMILES string of the molecule is COc1cc(S(=O)(=O)NCCN(C)C)ccc1NC(C)=O. The maximum atomic E-state index is 12.1. The zero-order valence-electron chi connectivity index (χ0n) is 12.6. The van der Waals surface area contributed by atoms with Crippen molar-refractivity contribution in [2.45, 2.75) is 11.8 Å². The summed E-state index contributed by atoms with van der Waals surface area (Å²) in [5.74, 6) is 0.0358. The van der Waals surface area contributed by atoms with Gasteiger partial charge in [-0.15, -0.1) is 0 Å². The minimum Gasteiger partial charge on any atom is -0.495 e. The molecule has 1 aromatic rings. The highest BCUT2D eigenvalue weighted by Crippen LogP contribution is 2.27. The number of rotatable bonds is 7. The predicted molar refractivity (Wildman–Crippen MR) is 81.0 cm³/mol. The largest absolute Gasteiger partial charge is 0.495 e. The van der Waals surface area contributed by atoms with E-state index in [1.807, 2.05) is 19.0 Å². The lowest BCUT2D eigenvalue weighted by Crippen LogP contribution is -2.31. The fraction of sp³-hybridized carbons (Fsp3) is 0.462. The third kappa shape index (κ3) is 5.33. The second-order valence-corrected chi connectivity index (χ2v) is 6.51. The van der Waals surface area contributed by atoms with E-state index in [1.54, 1.807) is 0 Å². The zero-order chi connectivity index (χ0) is 16.0. The van der Waals surface area contributed by atoms with E-state index >= 15 is 0 Å². The molecule has 0 saturated heterocycles. The molecule has 0 radical (unpaired) electrons. The van der Waals surface area contributed by atoms with E-state index in [4.69, 9.17) is 4.74 Å². The Kier molecular flexibility index (Phi) is 6.13. The van der Waals surface area contributed by atoms with Crippen LogP contribution in [0.25, 0.3) is 0 Å². The van der Waals surface area contributed by atoms with Gasteiger partial charge in [0.15, 0.2) is 0 Å². The van der Waals surface area contributed by atoms with Crippen molar-refractivity contribution >= 4 is 21.6 Å². The first kappa shape index (κ1) is 17.4. The number of carbonyl (C=O) groups is 1. The summed E-state index contributed by atoms with van der Waals surface area (Å²) in [5.41, 5.74) is 0.428. The number of likely N-dealkylation sites (N-methyl/N-ethyl adjacent to an activating group) is 1. The summed E-state index contributed by atoms with van der Waals surface area (Å²) < 4.78 is 31.9. The molecule has 0 aliphatic carbocycles. The average molecular weight is 315 g/mol. The van der Waals surface area contributed by atoms with Gasteiger partial charge >= 0.3 is 0 Å². The van der Waals surface area contributed by atoms with Crippen molar-refractivity contribution in [2.24, 2.45) is 0 Å². The quantitative estimate of drug-likeness (QED) is 0.765. The topological polar surface area (TPSA) is 87.7 Å². The number of carbonyl (C=O) groups excluding carboxylic acids is 1. The molecule has 0 saturated carbocycles. The maximum Gasteiger partial charge on any atom is 0.240 e. The van der Waals surface area contributed by atoms with Gasteiger partial charge < -0.3 is 15.0 Å². The van der Waals surface area contributed by atoms with E-state index in [1.165, 1.54) is 32.2 Å². The Hall–Kier alpha value is -1.64. The number of anilines is 1. The Labute approximate surface area is 125 Å². The lowest BCUT2D eigenvalue weighted by Gasteiger charge is -2.13. The third-order valence-corrected chi connectivity index (χ3v) is 4.10. The zero-order valence-corrected chi connectivity index (χ0v) is 13.5. The van der Waals surface area contributed by atoms with Crippen molar-refractivity contribution in [3.63, 3.8) is 0 Å². The minimum atomic E-state index is -3.60. The molecule has 21 heavy (non-hydrogen) atoms. The number of nitrogens with zero attached hydrogens (tertiary/aromatic N) is 1. The predicted octanol–water partition coefficient (Wildman–Crippen LogP) is 0.493. The molecule has 1 amide bonds. The van der Waals surface area contributed by atoms with Crippen molar-refractivity contribution in [3.8, 4) is 5.75 Å². The normalized spacial score (nSPS) is 11.5. The molecule has 0 atom stereocenters. The molecule has 0 aromatic heterocycles. The Morgan fingerprint density at radius 2 is 2.00 bits per heavy atom. The van der Waals surface area contributed by atoms with Crippen molar-refractivity contribution in [3.05, 3.63) is 18.2 Å². The molecule has 0 fully saturated rings. The molecule has 1 aromatic carbocycles. The first-order chi connectivity index (χ1) is 9.76. The van der Waals surface area contributed by atoms with Crippen LogP contribution in [0.2, 0.25) is 0 Å². The fourth-order valence-electron chi connectivity index (χ4n) is 1.62. The summed E-state index contributed by atoms with van der Waals surface area (Å²) in [6.07, 6.45) is 0. The number of ether oxygens (including phenoxy) is 1. The molecule has 0 heterocycles. The van der Waals surface area contributed by atoms with E-state index < -0.39 is 10.0 Å². The van der Waals surface area contributed by atoms with Crippen LogP contribution in [0.5, 0.6) is 5.75 Å². The van der Waals surface area contributed by atoms with Gasteiger partial charge in [0.2, 0.25) is 15.9 Å². The van der Waals surface area contributed by atoms with Crippen molar-refractivity contribution < 1.29 is 17.9 Å². The Balaban J connectivity index is 2.95. The first-order valence-electron chi connectivity index (χ1n) is 6.36. The standard InChI is InChI=1S/C13H21N3O4S/c1-10(17)15-12-6-5-11(9-13(12)20-4)21(18,19)14-7-8-16(2)3/h5-6,9,14H,7-8H2,1-4H3,(H,15,17). The highest BCUT2D eigenvalue weighted by Gasteiger charge is 2.16. The number of hydrogen-bond acceptors (Lipinski definition) is 5. The number of amides is 1. The summed E-state index contributed by atoms with van der Waals surface area (Å²) in [5, 5.41) is 2.58. The van der Waals surface area contributed by atoms with E-state index in [2.05, 4.69) is 10.0 Å². The van der Waals surface area contributed by atoms with Crippen molar-refractivity contribution in [2.75, 3.05) is 39.6 Å². The molecule has 8 heteroatoms. The summed E-state index contributed by atoms with van der Waals surface area (Å²) in [6, 6.07) is 4.30. The number of nitrogens with one attached hydrogen (secondary N) is 2. The van der Waals surface area contributed by atoms with Crippen LogP contribution in [0.3, 0.4) is 0 Å². The molecule has 0 bridgehead atoms. The van der Waals surface area contributed by atoms with Crippen molar-refractivity contribution in [1.29, 1.82) is 0 Å². The second kappa shape index (κ2) is 7.39. The number of methoxy groups -OCH3 is 1. The summed E-state index contributed by atoms with van der Waals surface area (Å²) in [7, 11) is 1.53. The number of benzene rings is 1. The maximum absolute atomic E-state index is 12.1. The Bertz CT molecular complexity index is 599. The van der Waals surface area contributed by atoms with Crippen LogP contribution in [0.1, 0.15) is 6.92 Å². The minimum absolute atomic E-state index is 0.0900. The van der Waals surface area contributed by atoms with E-state index in [0.717, 1.165) is 0 Å². The lowest BCUT2D eigenvalue weighted by molar-refractivity contribution is -0.114. The van der Waals surface area contributed by atoms with Gasteiger partial charge in [-0.05, 0) is 26.2 Å². The van der Waals surface area contributed by atoms with Crippen LogP contribution >= 0.6 is 0 Å². The van der Waals surface area contributed by atoms with E-state index in [9.17, 15) is 13.2 Å². The molecular weight excluding hydrogens is 294 g/mol. The molecule has 0 aliphatic rings. The highest BCUT2D eigenvalue weighted by molar-refractivity contribution is 7.89. The van der Waals surface area contributed by atoms with E-state index in [0.29, 0.717) is 24.5 Å². The van der Waals surface area contributed by atoms with Crippen LogP contribution < -0.4 is 14.8 Å². The molecular formula is C13H21N3O4S. The van der Waals surface area contributed by atoms with Crippen molar-refractivity contribution in [1.82, 2.24) is 9.62 Å². The monoisotopic (exact) mass is 315 g/mol. The van der Waals surface area contributed by atoms with Crippen LogP contribution in [0.15, 0.2) is 23.1 Å². The van der Waals surface area contributed by atoms with Crippen LogP contribution in [0, 0.1) is 0 Å².